The Labute approximate surface area is 117 Å². The van der Waals surface area contributed by atoms with Crippen molar-refractivity contribution in [3.63, 3.8) is 0 Å². The maximum atomic E-state index is 11.4. The number of anilines is 1. The summed E-state index contributed by atoms with van der Waals surface area (Å²) in [6.07, 6.45) is 1.73. The van der Waals surface area contributed by atoms with E-state index >= 15 is 0 Å². The van der Waals surface area contributed by atoms with Crippen LogP contribution in [-0.4, -0.2) is 24.1 Å². The van der Waals surface area contributed by atoms with Crippen LogP contribution in [0.2, 0.25) is 5.02 Å². The number of rotatable bonds is 2. The highest BCUT2D eigenvalue weighted by molar-refractivity contribution is 6.32. The van der Waals surface area contributed by atoms with Gasteiger partial charge in [-0.3, -0.25) is 4.79 Å². The molecule has 2 aliphatic heterocycles. The standard InChI is InChI=1S/C14H17ClN2O2/c15-11-7-12-9(6-13(18)17-12)5-10(11)14(19)8-1-3-16-4-2-8/h5,7-8,14,16,19H,1-4,6H2,(H,17,18). The number of halogens is 1. The molecule has 0 spiro atoms. The lowest BCUT2D eigenvalue weighted by atomic mass is 9.87. The van der Waals surface area contributed by atoms with Crippen molar-refractivity contribution in [3.05, 3.63) is 28.3 Å². The van der Waals surface area contributed by atoms with Gasteiger partial charge in [-0.25, -0.2) is 0 Å². The van der Waals surface area contributed by atoms with Crippen LogP contribution in [-0.2, 0) is 11.2 Å². The number of aliphatic hydroxyl groups is 1. The fourth-order valence-electron chi connectivity index (χ4n) is 2.91. The molecular formula is C14H17ClN2O2. The first-order valence-electron chi connectivity index (χ1n) is 6.66. The third-order valence-electron chi connectivity index (χ3n) is 4.00. The fourth-order valence-corrected chi connectivity index (χ4v) is 3.18. The van der Waals surface area contributed by atoms with Crippen LogP contribution in [0.3, 0.4) is 0 Å². The van der Waals surface area contributed by atoms with E-state index in [1.165, 1.54) is 0 Å². The Hall–Kier alpha value is -1.10. The molecule has 2 aliphatic rings. The van der Waals surface area contributed by atoms with E-state index in [-0.39, 0.29) is 11.8 Å². The Bertz CT molecular complexity index is 512. The van der Waals surface area contributed by atoms with Crippen molar-refractivity contribution in [2.24, 2.45) is 5.92 Å². The Morgan fingerprint density at radius 2 is 2.05 bits per heavy atom. The van der Waals surface area contributed by atoms with E-state index in [0.717, 1.165) is 42.7 Å². The number of aliphatic hydroxyl groups excluding tert-OH is 1. The molecule has 0 aliphatic carbocycles. The molecule has 0 saturated carbocycles. The summed E-state index contributed by atoms with van der Waals surface area (Å²) >= 11 is 6.24. The highest BCUT2D eigenvalue weighted by Gasteiger charge is 2.27. The molecule has 3 rings (SSSR count). The van der Waals surface area contributed by atoms with Gasteiger partial charge in [0.05, 0.1) is 12.5 Å². The zero-order valence-corrected chi connectivity index (χ0v) is 11.3. The van der Waals surface area contributed by atoms with Gasteiger partial charge in [0.25, 0.3) is 0 Å². The van der Waals surface area contributed by atoms with Gasteiger partial charge in [-0.1, -0.05) is 11.6 Å². The largest absolute Gasteiger partial charge is 0.388 e. The molecule has 1 saturated heterocycles. The van der Waals surface area contributed by atoms with E-state index in [9.17, 15) is 9.90 Å². The van der Waals surface area contributed by atoms with Crippen molar-refractivity contribution in [2.45, 2.75) is 25.4 Å². The number of amides is 1. The summed E-state index contributed by atoms with van der Waals surface area (Å²) in [5.41, 5.74) is 2.46. The summed E-state index contributed by atoms with van der Waals surface area (Å²) in [5.74, 6) is 0.224. The minimum absolute atomic E-state index is 0.0143. The number of carbonyl (C=O) groups is 1. The maximum absolute atomic E-state index is 11.4. The number of fused-ring (bicyclic) bond motifs is 1. The van der Waals surface area contributed by atoms with Crippen molar-refractivity contribution in [3.8, 4) is 0 Å². The Kier molecular flexibility index (Phi) is 3.48. The van der Waals surface area contributed by atoms with E-state index < -0.39 is 6.10 Å². The predicted molar refractivity (Wildman–Crippen MR) is 74.3 cm³/mol. The van der Waals surface area contributed by atoms with Crippen LogP contribution in [0.5, 0.6) is 0 Å². The molecule has 3 N–H and O–H groups in total. The lowest BCUT2D eigenvalue weighted by Crippen LogP contribution is -2.31. The normalized spacial score (nSPS) is 21.1. The van der Waals surface area contributed by atoms with E-state index in [4.69, 9.17) is 11.6 Å². The number of nitrogens with one attached hydrogen (secondary N) is 2. The lowest BCUT2D eigenvalue weighted by Gasteiger charge is -2.28. The molecule has 102 valence electrons. The molecule has 5 heteroatoms. The summed E-state index contributed by atoms with van der Waals surface area (Å²) in [4.78, 5) is 11.4. The van der Waals surface area contributed by atoms with Gasteiger partial charge < -0.3 is 15.7 Å². The van der Waals surface area contributed by atoms with Gasteiger partial charge in [0.2, 0.25) is 5.91 Å². The predicted octanol–water partition coefficient (Wildman–Crippen LogP) is 1.87. The van der Waals surface area contributed by atoms with Gasteiger partial charge in [0.15, 0.2) is 0 Å². The van der Waals surface area contributed by atoms with Gasteiger partial charge in [-0.15, -0.1) is 0 Å². The zero-order valence-electron chi connectivity index (χ0n) is 10.6. The van der Waals surface area contributed by atoms with Crippen LogP contribution in [0.1, 0.15) is 30.1 Å². The number of carbonyl (C=O) groups excluding carboxylic acids is 1. The molecule has 0 radical (unpaired) electrons. The maximum Gasteiger partial charge on any atom is 0.228 e. The van der Waals surface area contributed by atoms with E-state index in [1.54, 1.807) is 6.07 Å². The Balaban J connectivity index is 1.88. The smallest absolute Gasteiger partial charge is 0.228 e. The van der Waals surface area contributed by atoms with Crippen molar-refractivity contribution in [2.75, 3.05) is 18.4 Å². The molecule has 2 heterocycles. The fraction of sp³-hybridized carbons (Fsp3) is 0.500. The van der Waals surface area contributed by atoms with Crippen LogP contribution in [0, 0.1) is 5.92 Å². The highest BCUT2D eigenvalue weighted by Crippen LogP contribution is 2.37. The molecule has 1 atom stereocenters. The van der Waals surface area contributed by atoms with Crippen LogP contribution in [0.4, 0.5) is 5.69 Å². The van der Waals surface area contributed by atoms with Crippen molar-refractivity contribution >= 4 is 23.2 Å². The van der Waals surface area contributed by atoms with Gasteiger partial charge >= 0.3 is 0 Å². The summed E-state index contributed by atoms with van der Waals surface area (Å²) < 4.78 is 0. The molecule has 0 aromatic heterocycles. The highest BCUT2D eigenvalue weighted by atomic mass is 35.5. The Morgan fingerprint density at radius 3 is 2.79 bits per heavy atom. The van der Waals surface area contributed by atoms with Crippen LogP contribution in [0.15, 0.2) is 12.1 Å². The topological polar surface area (TPSA) is 61.4 Å². The second kappa shape index (κ2) is 5.12. The third-order valence-corrected chi connectivity index (χ3v) is 4.32. The van der Waals surface area contributed by atoms with E-state index in [2.05, 4.69) is 10.6 Å². The monoisotopic (exact) mass is 280 g/mol. The lowest BCUT2D eigenvalue weighted by molar-refractivity contribution is -0.115. The summed E-state index contributed by atoms with van der Waals surface area (Å²) in [6, 6.07) is 3.63. The van der Waals surface area contributed by atoms with Crippen LogP contribution in [0.25, 0.3) is 0 Å². The van der Waals surface area contributed by atoms with Gasteiger partial charge in [-0.05, 0) is 55.1 Å². The van der Waals surface area contributed by atoms with Gasteiger partial charge in [0, 0.05) is 10.7 Å². The van der Waals surface area contributed by atoms with Crippen LogP contribution >= 0.6 is 11.6 Å². The second-order valence-electron chi connectivity index (χ2n) is 5.29. The van der Waals surface area contributed by atoms with E-state index in [0.29, 0.717) is 11.4 Å². The van der Waals surface area contributed by atoms with Crippen molar-refractivity contribution < 1.29 is 9.90 Å². The van der Waals surface area contributed by atoms with Crippen molar-refractivity contribution in [1.82, 2.24) is 5.32 Å². The SMILES string of the molecule is O=C1Cc2cc(C(O)C3CCNCC3)c(Cl)cc2N1. The molecule has 4 nitrogen and oxygen atoms in total. The average molecular weight is 281 g/mol. The molecule has 1 fully saturated rings. The minimum atomic E-state index is -0.546. The number of hydrogen-bond donors (Lipinski definition) is 3. The molecular weight excluding hydrogens is 264 g/mol. The molecule has 1 aromatic rings. The second-order valence-corrected chi connectivity index (χ2v) is 5.70. The molecule has 0 bridgehead atoms. The summed E-state index contributed by atoms with van der Waals surface area (Å²) in [5, 5.41) is 17.1. The molecule has 1 unspecified atom stereocenters. The number of benzene rings is 1. The average Bonchev–Trinajstić information content (AvgIpc) is 2.77. The number of hydrogen-bond acceptors (Lipinski definition) is 3. The van der Waals surface area contributed by atoms with Gasteiger partial charge in [0.1, 0.15) is 0 Å². The summed E-state index contributed by atoms with van der Waals surface area (Å²) in [7, 11) is 0. The van der Waals surface area contributed by atoms with Crippen molar-refractivity contribution in [1.29, 1.82) is 0 Å². The molecule has 1 aromatic carbocycles. The first-order chi connectivity index (χ1) is 9.15. The Morgan fingerprint density at radius 1 is 1.32 bits per heavy atom. The quantitative estimate of drug-likeness (QED) is 0.775. The zero-order chi connectivity index (χ0) is 13.4. The van der Waals surface area contributed by atoms with Crippen LogP contribution < -0.4 is 10.6 Å². The summed E-state index contributed by atoms with van der Waals surface area (Å²) in [6.45, 7) is 1.87. The first kappa shape index (κ1) is 12.9. The first-order valence-corrected chi connectivity index (χ1v) is 7.04. The minimum Gasteiger partial charge on any atom is -0.388 e. The van der Waals surface area contributed by atoms with E-state index in [1.807, 2.05) is 6.07 Å². The third kappa shape index (κ3) is 2.48. The molecule has 1 amide bonds. The number of piperidine rings is 1. The van der Waals surface area contributed by atoms with Gasteiger partial charge in [-0.2, -0.15) is 0 Å². The molecule has 19 heavy (non-hydrogen) atoms.